The molecule has 7 nitrogen and oxygen atoms in total. The number of nitrogens with zero attached hydrogens (tertiary/aromatic N) is 4. The Kier molecular flexibility index (Phi) is 10.3. The molecule has 0 saturated carbocycles. The van der Waals surface area contributed by atoms with Crippen LogP contribution in [0.15, 0.2) is 128 Å². The number of nitrogens with one attached hydrogen (secondary N) is 1. The Bertz CT molecular complexity index is 2260. The molecule has 1 N–H and O–H groups in total. The van der Waals surface area contributed by atoms with E-state index in [-0.39, 0.29) is 17.1 Å². The van der Waals surface area contributed by atoms with E-state index < -0.39 is 14.9 Å². The van der Waals surface area contributed by atoms with Crippen LogP contribution in [0.1, 0.15) is 26.3 Å². The second-order valence-electron chi connectivity index (χ2n) is 14.0. The average Bonchev–Trinajstić information content (AvgIpc) is 3.17. The maximum Gasteiger partial charge on any atom is 0.352 e. The smallest absolute Gasteiger partial charge is 0.352 e. The maximum atomic E-state index is 16.2. The summed E-state index contributed by atoms with van der Waals surface area (Å²) >= 11 is 7.18. The number of hydrogen-bond acceptors (Lipinski definition) is 6. The molecule has 2 heterocycles. The third-order valence-corrected chi connectivity index (χ3v) is 11.9. The van der Waals surface area contributed by atoms with Gasteiger partial charge in [0.05, 0.1) is 0 Å². The molecule has 5 aromatic carbocycles. The van der Waals surface area contributed by atoms with Crippen LogP contribution in [0.3, 0.4) is 0 Å². The van der Waals surface area contributed by atoms with Crippen LogP contribution in [-0.2, 0) is 10.2 Å². The van der Waals surface area contributed by atoms with Gasteiger partial charge in [-0.05, 0) is 57.8 Å². The summed E-state index contributed by atoms with van der Waals surface area (Å²) in [4.78, 5) is 16.2. The Morgan fingerprint density at radius 1 is 0.830 bits per heavy atom. The zero-order valence-electron chi connectivity index (χ0n) is 29.9. The van der Waals surface area contributed by atoms with Gasteiger partial charge in [0.2, 0.25) is 5.91 Å². The van der Waals surface area contributed by atoms with Gasteiger partial charge in [0.25, 0.3) is 0 Å². The van der Waals surface area contributed by atoms with Gasteiger partial charge in [0.1, 0.15) is 5.75 Å². The van der Waals surface area contributed by atoms with E-state index in [0.717, 1.165) is 26.8 Å². The molecule has 1 amide bonds. The molecule has 0 spiro atoms. The van der Waals surface area contributed by atoms with Crippen molar-refractivity contribution >= 4 is 65.0 Å². The van der Waals surface area contributed by atoms with E-state index in [4.69, 9.17) is 16.0 Å². The van der Waals surface area contributed by atoms with Crippen LogP contribution in [-0.4, -0.2) is 56.2 Å². The minimum absolute atomic E-state index is 0.0120. The van der Waals surface area contributed by atoms with Crippen LogP contribution in [0.4, 0.5) is 21.7 Å². The first-order chi connectivity index (χ1) is 25.6. The predicted molar refractivity (Wildman–Crippen MR) is 216 cm³/mol. The van der Waals surface area contributed by atoms with Crippen molar-refractivity contribution in [3.05, 3.63) is 144 Å². The number of para-hydroxylation sites is 2. The third kappa shape index (κ3) is 7.67. The highest BCUT2D eigenvalue weighted by atomic mass is 35.5. The normalized spacial score (nSPS) is 13.3. The molecule has 10 heteroatoms. The molecule has 0 atom stereocenters. The van der Waals surface area contributed by atoms with Crippen molar-refractivity contribution in [1.82, 2.24) is 15.1 Å². The minimum atomic E-state index is -1.96. The van der Waals surface area contributed by atoms with Crippen molar-refractivity contribution in [2.45, 2.75) is 26.2 Å². The van der Waals surface area contributed by atoms with Crippen molar-refractivity contribution < 1.29 is 13.6 Å². The largest absolute Gasteiger partial charge is 0.530 e. The Balaban J connectivity index is 1.33. The van der Waals surface area contributed by atoms with E-state index in [9.17, 15) is 4.79 Å². The number of amides is 1. The Labute approximate surface area is 316 Å². The van der Waals surface area contributed by atoms with Crippen molar-refractivity contribution in [3.8, 4) is 16.9 Å². The number of piperazine rings is 1. The van der Waals surface area contributed by atoms with E-state index >= 15 is 4.39 Å². The molecule has 1 aliphatic heterocycles. The van der Waals surface area contributed by atoms with E-state index in [1.54, 1.807) is 11.0 Å². The monoisotopic (exact) mass is 740 g/mol. The summed E-state index contributed by atoms with van der Waals surface area (Å²) in [7, 11) is -1.96. The van der Waals surface area contributed by atoms with Crippen LogP contribution in [0, 0.1) is 5.82 Å². The SMILES string of the molecule is C=CC(=O)N1CCN(c2nnc(Nc3ccccc3)c3cc(-c4cccc(F)c4O[Si](c4ccccc4)c4ccc(C(C)(C)C)cc4)c(Cl)cc23)CC1. The predicted octanol–water partition coefficient (Wildman–Crippen LogP) is 8.15. The van der Waals surface area contributed by atoms with Gasteiger partial charge in [-0.2, -0.15) is 0 Å². The highest BCUT2D eigenvalue weighted by Crippen LogP contribution is 2.42. The summed E-state index contributed by atoms with van der Waals surface area (Å²) in [5.74, 6) is 0.741. The van der Waals surface area contributed by atoms with Crippen LogP contribution in [0.5, 0.6) is 5.75 Å². The van der Waals surface area contributed by atoms with Crippen LogP contribution < -0.4 is 25.0 Å². The van der Waals surface area contributed by atoms with Crippen molar-refractivity contribution in [2.24, 2.45) is 0 Å². The molecule has 1 aromatic heterocycles. The fourth-order valence-electron chi connectivity index (χ4n) is 6.54. The first-order valence-corrected chi connectivity index (χ1v) is 19.4. The summed E-state index contributed by atoms with van der Waals surface area (Å²) in [5.41, 5.74) is 3.16. The number of benzene rings is 5. The number of rotatable bonds is 9. The molecule has 7 rings (SSSR count). The summed E-state index contributed by atoms with van der Waals surface area (Å²) in [6.07, 6.45) is 1.34. The van der Waals surface area contributed by atoms with Crippen LogP contribution in [0.25, 0.3) is 21.9 Å². The van der Waals surface area contributed by atoms with Gasteiger partial charge in [-0.3, -0.25) is 4.79 Å². The third-order valence-electron chi connectivity index (χ3n) is 9.46. The topological polar surface area (TPSA) is 70.6 Å². The summed E-state index contributed by atoms with van der Waals surface area (Å²) in [6, 6.07) is 36.9. The first-order valence-electron chi connectivity index (χ1n) is 17.6. The van der Waals surface area contributed by atoms with E-state index in [2.05, 4.69) is 72.0 Å². The van der Waals surface area contributed by atoms with Gasteiger partial charge in [-0.25, -0.2) is 4.39 Å². The molecule has 1 radical (unpaired) electrons. The van der Waals surface area contributed by atoms with Gasteiger partial charge in [-0.1, -0.05) is 124 Å². The molecule has 6 aromatic rings. The standard InChI is InChI=1S/C43H40ClFN5O2Si/c1-5-39(51)49-23-25-50(26-24-49)42-36-28-37(44)34(27-35(36)41(47-48-42)46-30-13-8-6-9-14-30)33-17-12-18-38(45)40(33)52-53(31-15-10-7-11-16-31)32-21-19-29(20-22-32)43(2,3)4/h5-22,27-28H,1,23-26H2,2-4H3,(H,46,47). The molecule has 0 aliphatic carbocycles. The number of carbonyl (C=O) groups is 1. The minimum Gasteiger partial charge on any atom is -0.530 e. The molecule has 53 heavy (non-hydrogen) atoms. The van der Waals surface area contributed by atoms with Crippen molar-refractivity contribution in [2.75, 3.05) is 36.4 Å². The van der Waals surface area contributed by atoms with Crippen LogP contribution in [0.2, 0.25) is 5.02 Å². The zero-order chi connectivity index (χ0) is 37.1. The molecule has 0 bridgehead atoms. The van der Waals surface area contributed by atoms with Crippen molar-refractivity contribution in [3.63, 3.8) is 0 Å². The molecule has 1 fully saturated rings. The Morgan fingerprint density at radius 2 is 1.49 bits per heavy atom. The summed E-state index contributed by atoms with van der Waals surface area (Å²) < 4.78 is 23.0. The second-order valence-corrected chi connectivity index (χ2v) is 16.4. The zero-order valence-corrected chi connectivity index (χ0v) is 31.7. The second kappa shape index (κ2) is 15.2. The Morgan fingerprint density at radius 3 is 2.15 bits per heavy atom. The quantitative estimate of drug-likeness (QED) is 0.119. The van der Waals surface area contributed by atoms with Gasteiger partial charge < -0.3 is 19.5 Å². The molecule has 0 unspecified atom stereocenters. The summed E-state index contributed by atoms with van der Waals surface area (Å²) in [6.45, 7) is 12.4. The summed E-state index contributed by atoms with van der Waals surface area (Å²) in [5, 5.41) is 16.7. The van der Waals surface area contributed by atoms with Gasteiger partial charge in [-0.15, -0.1) is 10.2 Å². The first kappa shape index (κ1) is 35.9. The number of anilines is 3. The highest BCUT2D eigenvalue weighted by Gasteiger charge is 2.28. The lowest BCUT2D eigenvalue weighted by Crippen LogP contribution is -2.48. The van der Waals surface area contributed by atoms with E-state index in [1.807, 2.05) is 78.9 Å². The molecule has 1 aliphatic rings. The van der Waals surface area contributed by atoms with Crippen molar-refractivity contribution in [1.29, 1.82) is 0 Å². The Hall–Kier alpha value is -5.51. The van der Waals surface area contributed by atoms with Gasteiger partial charge >= 0.3 is 9.04 Å². The van der Waals surface area contributed by atoms with E-state index in [0.29, 0.717) is 54.0 Å². The lowest BCUT2D eigenvalue weighted by molar-refractivity contribution is -0.126. The van der Waals surface area contributed by atoms with E-state index in [1.165, 1.54) is 17.7 Å². The maximum absolute atomic E-state index is 16.2. The molecule has 1 saturated heterocycles. The number of aromatic nitrogens is 2. The number of carbonyl (C=O) groups excluding carboxylic acids is 1. The molecular formula is C43H40ClFN5O2Si. The average molecular weight is 741 g/mol. The van der Waals surface area contributed by atoms with Crippen LogP contribution >= 0.6 is 11.6 Å². The number of fused-ring (bicyclic) bond motifs is 1. The number of hydrogen-bond donors (Lipinski definition) is 1. The lowest BCUT2D eigenvalue weighted by atomic mass is 9.87. The fourth-order valence-corrected chi connectivity index (χ4v) is 8.75. The highest BCUT2D eigenvalue weighted by molar-refractivity contribution is 6.80. The number of halogens is 2. The van der Waals surface area contributed by atoms with Gasteiger partial charge in [0, 0.05) is 58.8 Å². The lowest BCUT2D eigenvalue weighted by Gasteiger charge is -2.35. The van der Waals surface area contributed by atoms with Gasteiger partial charge in [0.15, 0.2) is 17.5 Å². The molecular weight excluding hydrogens is 701 g/mol. The molecule has 267 valence electrons. The fraction of sp³-hybridized carbons (Fsp3) is 0.186.